The summed E-state index contributed by atoms with van der Waals surface area (Å²) in [5, 5.41) is 10.9. The van der Waals surface area contributed by atoms with Crippen LogP contribution >= 0.6 is 11.8 Å². The van der Waals surface area contributed by atoms with Gasteiger partial charge in [-0.2, -0.15) is 5.26 Å². The minimum Gasteiger partial charge on any atom is -0.351 e. The fourth-order valence-corrected chi connectivity index (χ4v) is 1.57. The molecule has 84 valence electrons. The molecule has 0 aliphatic rings. The molecule has 0 aromatic heterocycles. The van der Waals surface area contributed by atoms with Crippen LogP contribution in [-0.2, 0) is 11.3 Å². The van der Waals surface area contributed by atoms with Gasteiger partial charge in [0.2, 0.25) is 5.91 Å². The van der Waals surface area contributed by atoms with Gasteiger partial charge in [0, 0.05) is 6.54 Å². The van der Waals surface area contributed by atoms with E-state index in [1.165, 1.54) is 23.9 Å². The lowest BCUT2D eigenvalue weighted by Gasteiger charge is -2.04. The molecule has 1 N–H and O–H groups in total. The van der Waals surface area contributed by atoms with Crippen molar-refractivity contribution in [2.75, 3.05) is 11.5 Å². The van der Waals surface area contributed by atoms with Crippen molar-refractivity contribution < 1.29 is 9.18 Å². The minimum atomic E-state index is -0.314. The number of nitrogens with zero attached hydrogens (tertiary/aromatic N) is 1. The summed E-state index contributed by atoms with van der Waals surface area (Å²) in [7, 11) is 0. The van der Waals surface area contributed by atoms with Gasteiger partial charge in [0.15, 0.2) is 0 Å². The quantitative estimate of drug-likeness (QED) is 0.794. The van der Waals surface area contributed by atoms with E-state index in [9.17, 15) is 9.18 Å². The van der Waals surface area contributed by atoms with Gasteiger partial charge in [0.05, 0.1) is 17.6 Å². The standard InChI is InChI=1S/C11H11FN2OS/c12-10-3-1-2-9(6-10)7-14-11(15)8-16-5-4-13/h1-3,6H,5,7-8H2,(H,14,15). The van der Waals surface area contributed by atoms with Crippen molar-refractivity contribution >= 4 is 17.7 Å². The Morgan fingerprint density at radius 3 is 3.06 bits per heavy atom. The Balaban J connectivity index is 2.29. The van der Waals surface area contributed by atoms with Crippen molar-refractivity contribution in [2.24, 2.45) is 0 Å². The molecule has 0 radical (unpaired) electrons. The summed E-state index contributed by atoms with van der Waals surface area (Å²) in [4.78, 5) is 11.2. The second-order valence-electron chi connectivity index (χ2n) is 3.06. The lowest BCUT2D eigenvalue weighted by Crippen LogP contribution is -2.24. The molecule has 1 aromatic rings. The fraction of sp³-hybridized carbons (Fsp3) is 0.273. The first-order valence-corrected chi connectivity index (χ1v) is 5.83. The normalized spacial score (nSPS) is 9.50. The van der Waals surface area contributed by atoms with Crippen LogP contribution in [0.3, 0.4) is 0 Å². The van der Waals surface area contributed by atoms with Crippen LogP contribution in [0.5, 0.6) is 0 Å². The van der Waals surface area contributed by atoms with E-state index < -0.39 is 0 Å². The number of hydrogen-bond donors (Lipinski definition) is 1. The van der Waals surface area contributed by atoms with E-state index in [0.717, 1.165) is 5.56 Å². The van der Waals surface area contributed by atoms with Gasteiger partial charge in [-0.3, -0.25) is 4.79 Å². The molecule has 16 heavy (non-hydrogen) atoms. The van der Waals surface area contributed by atoms with Crippen LogP contribution < -0.4 is 5.32 Å². The van der Waals surface area contributed by atoms with Crippen molar-refractivity contribution in [2.45, 2.75) is 6.54 Å². The minimum absolute atomic E-state index is 0.149. The molecule has 0 fully saturated rings. The summed E-state index contributed by atoms with van der Waals surface area (Å²) in [5.74, 6) is 0.0890. The van der Waals surface area contributed by atoms with Crippen molar-refractivity contribution in [3.05, 3.63) is 35.6 Å². The number of hydrogen-bond acceptors (Lipinski definition) is 3. The number of nitrogens with one attached hydrogen (secondary N) is 1. The topological polar surface area (TPSA) is 52.9 Å². The first-order chi connectivity index (χ1) is 7.72. The molecule has 0 aliphatic carbocycles. The molecule has 0 saturated carbocycles. The molecule has 0 atom stereocenters. The van der Waals surface area contributed by atoms with E-state index in [-0.39, 0.29) is 17.5 Å². The van der Waals surface area contributed by atoms with Gasteiger partial charge in [0.1, 0.15) is 5.82 Å². The third kappa shape index (κ3) is 4.80. The molecule has 0 saturated heterocycles. The largest absolute Gasteiger partial charge is 0.351 e. The average Bonchev–Trinajstić information content (AvgIpc) is 2.27. The Kier molecular flexibility index (Phi) is 5.37. The van der Waals surface area contributed by atoms with Gasteiger partial charge in [-0.05, 0) is 17.7 Å². The number of nitriles is 1. The number of amides is 1. The molecule has 5 heteroatoms. The molecular formula is C11H11FN2OS. The van der Waals surface area contributed by atoms with E-state index >= 15 is 0 Å². The number of thioether (sulfide) groups is 1. The lowest BCUT2D eigenvalue weighted by atomic mass is 10.2. The molecule has 1 aromatic carbocycles. The van der Waals surface area contributed by atoms with Gasteiger partial charge in [-0.25, -0.2) is 4.39 Å². The first-order valence-electron chi connectivity index (χ1n) is 4.68. The van der Waals surface area contributed by atoms with Crippen LogP contribution in [0.1, 0.15) is 5.56 Å². The van der Waals surface area contributed by atoms with E-state index in [1.54, 1.807) is 12.1 Å². The first kappa shape index (κ1) is 12.5. The number of benzene rings is 1. The maximum atomic E-state index is 12.8. The highest BCUT2D eigenvalue weighted by atomic mass is 32.2. The summed E-state index contributed by atoms with van der Waals surface area (Å²) >= 11 is 1.25. The van der Waals surface area contributed by atoms with E-state index in [0.29, 0.717) is 12.3 Å². The van der Waals surface area contributed by atoms with Crippen molar-refractivity contribution in [3.63, 3.8) is 0 Å². The highest BCUT2D eigenvalue weighted by molar-refractivity contribution is 8.00. The molecule has 0 heterocycles. The van der Waals surface area contributed by atoms with Crippen LogP contribution in [0, 0.1) is 17.1 Å². The summed E-state index contributed by atoms with van der Waals surface area (Å²) in [6.07, 6.45) is 0. The highest BCUT2D eigenvalue weighted by Crippen LogP contribution is 2.03. The number of rotatable bonds is 5. The van der Waals surface area contributed by atoms with Gasteiger partial charge in [-0.1, -0.05) is 12.1 Å². The second-order valence-corrected chi connectivity index (χ2v) is 4.04. The third-order valence-electron chi connectivity index (χ3n) is 1.78. The maximum Gasteiger partial charge on any atom is 0.230 e. The molecule has 1 amide bonds. The fourth-order valence-electron chi connectivity index (χ4n) is 1.09. The van der Waals surface area contributed by atoms with Crippen LogP contribution in [0.15, 0.2) is 24.3 Å². The molecular weight excluding hydrogens is 227 g/mol. The summed E-state index contributed by atoms with van der Waals surface area (Å²) in [6, 6.07) is 8.01. The van der Waals surface area contributed by atoms with Crippen molar-refractivity contribution in [3.8, 4) is 6.07 Å². The van der Waals surface area contributed by atoms with Gasteiger partial charge in [-0.15, -0.1) is 11.8 Å². The van der Waals surface area contributed by atoms with Crippen molar-refractivity contribution in [1.29, 1.82) is 5.26 Å². The third-order valence-corrected chi connectivity index (χ3v) is 2.58. The highest BCUT2D eigenvalue weighted by Gasteiger charge is 2.01. The molecule has 1 rings (SSSR count). The van der Waals surface area contributed by atoms with Crippen LogP contribution in [0.2, 0.25) is 0 Å². The van der Waals surface area contributed by atoms with Gasteiger partial charge in [0.25, 0.3) is 0 Å². The maximum absolute atomic E-state index is 12.8. The Morgan fingerprint density at radius 2 is 2.38 bits per heavy atom. The average molecular weight is 238 g/mol. The number of halogens is 1. The predicted octanol–water partition coefficient (Wildman–Crippen LogP) is 1.70. The Hall–Kier alpha value is -1.54. The van der Waals surface area contributed by atoms with Crippen LogP contribution in [0.4, 0.5) is 4.39 Å². The zero-order valence-electron chi connectivity index (χ0n) is 8.57. The SMILES string of the molecule is N#CCSCC(=O)NCc1cccc(F)c1. The van der Waals surface area contributed by atoms with E-state index in [1.807, 2.05) is 6.07 Å². The second kappa shape index (κ2) is 6.85. The summed E-state index contributed by atoms with van der Waals surface area (Å²) < 4.78 is 12.8. The smallest absolute Gasteiger partial charge is 0.230 e. The zero-order chi connectivity index (χ0) is 11.8. The Labute approximate surface area is 97.6 Å². The number of carbonyl (C=O) groups is 1. The van der Waals surface area contributed by atoms with Gasteiger partial charge < -0.3 is 5.32 Å². The predicted molar refractivity (Wildman–Crippen MR) is 61.2 cm³/mol. The van der Waals surface area contributed by atoms with Crippen LogP contribution in [-0.4, -0.2) is 17.4 Å². The lowest BCUT2D eigenvalue weighted by molar-refractivity contribution is -0.118. The Bertz CT molecular complexity index is 403. The monoisotopic (exact) mass is 238 g/mol. The van der Waals surface area contributed by atoms with Crippen LogP contribution in [0.25, 0.3) is 0 Å². The van der Waals surface area contributed by atoms with E-state index in [2.05, 4.69) is 5.32 Å². The molecule has 0 aliphatic heterocycles. The molecule has 0 spiro atoms. The van der Waals surface area contributed by atoms with E-state index in [4.69, 9.17) is 5.26 Å². The summed E-state index contributed by atoms with van der Waals surface area (Å²) in [5.41, 5.74) is 0.721. The summed E-state index contributed by atoms with van der Waals surface area (Å²) in [6.45, 7) is 0.309. The molecule has 0 unspecified atom stereocenters. The molecule has 3 nitrogen and oxygen atoms in total. The van der Waals surface area contributed by atoms with Gasteiger partial charge >= 0.3 is 0 Å². The van der Waals surface area contributed by atoms with Crippen molar-refractivity contribution in [1.82, 2.24) is 5.32 Å². The zero-order valence-corrected chi connectivity index (χ0v) is 9.39. The molecule has 0 bridgehead atoms. The Morgan fingerprint density at radius 1 is 1.56 bits per heavy atom. The number of carbonyl (C=O) groups excluding carboxylic acids is 1.